The van der Waals surface area contributed by atoms with Gasteiger partial charge in [-0.3, -0.25) is 9.59 Å². The summed E-state index contributed by atoms with van der Waals surface area (Å²) in [5.41, 5.74) is 3.30. The molecule has 0 saturated heterocycles. The van der Waals surface area contributed by atoms with Gasteiger partial charge in [0.1, 0.15) is 23.2 Å². The monoisotopic (exact) mass is 586 g/mol. The number of carbonyl (C=O) groups excluding carboxylic acids is 2. The van der Waals surface area contributed by atoms with E-state index >= 15 is 0 Å². The van der Waals surface area contributed by atoms with Crippen molar-refractivity contribution in [1.82, 2.24) is 9.88 Å². The van der Waals surface area contributed by atoms with Gasteiger partial charge in [0.25, 0.3) is 0 Å². The molecule has 2 aliphatic heterocycles. The second kappa shape index (κ2) is 10.6. The fourth-order valence-corrected chi connectivity index (χ4v) is 7.02. The molecule has 43 heavy (non-hydrogen) atoms. The van der Waals surface area contributed by atoms with Crippen LogP contribution in [0.2, 0.25) is 0 Å². The van der Waals surface area contributed by atoms with Gasteiger partial charge in [-0.1, -0.05) is 40.7 Å². The van der Waals surface area contributed by atoms with Crippen molar-refractivity contribution in [2.75, 3.05) is 14.2 Å². The number of Topliss-reactive ketones (excluding diaryl/α,β-unsaturated/α-hetero) is 1. The highest BCUT2D eigenvalue weighted by Crippen LogP contribution is 2.56. The standard InChI is InChI=1S/C35H42N2O6/c1-10-35(7)16-22(38)28-25(17-35)43-24-15-26(34(4,5)6)37(8)32(39)29(24)30(28)27-19(3)20(12-14-23(27)42-9)21-13-11-18(2)31(36-21)33(40)41/h11-15,26,29-30H,10,16-17H2,1-9H3,(H,40,41)/t26-,29-,30-,35?/m0/s1. The van der Waals surface area contributed by atoms with Crippen molar-refractivity contribution < 1.29 is 29.0 Å². The number of methoxy groups -OCH3 is 1. The molecular weight excluding hydrogens is 544 g/mol. The summed E-state index contributed by atoms with van der Waals surface area (Å²) in [5, 5.41) is 9.74. The predicted molar refractivity (Wildman–Crippen MR) is 164 cm³/mol. The maximum Gasteiger partial charge on any atom is 0.354 e. The van der Waals surface area contributed by atoms with E-state index in [0.29, 0.717) is 52.5 Å². The van der Waals surface area contributed by atoms with Crippen LogP contribution in [0.15, 0.2) is 47.4 Å². The molecule has 0 saturated carbocycles. The number of fused-ring (bicyclic) bond motifs is 1. The van der Waals surface area contributed by atoms with Crippen LogP contribution in [-0.2, 0) is 14.3 Å². The van der Waals surface area contributed by atoms with E-state index in [2.05, 4.69) is 45.7 Å². The van der Waals surface area contributed by atoms with E-state index in [1.165, 1.54) is 0 Å². The second-order valence-electron chi connectivity index (χ2n) is 13.7. The molecule has 1 aromatic carbocycles. The number of carboxylic acids is 1. The number of aromatic nitrogens is 1. The van der Waals surface area contributed by atoms with Crippen LogP contribution in [0.3, 0.4) is 0 Å². The van der Waals surface area contributed by atoms with Gasteiger partial charge in [-0.05, 0) is 66.5 Å². The van der Waals surface area contributed by atoms with Crippen molar-refractivity contribution in [2.45, 2.75) is 79.7 Å². The summed E-state index contributed by atoms with van der Waals surface area (Å²) in [5.74, 6) is -0.860. The fraction of sp³-hybridized carbons (Fsp3) is 0.486. The zero-order valence-corrected chi connectivity index (χ0v) is 26.6. The average molecular weight is 587 g/mol. The number of ether oxygens (including phenoxy) is 2. The molecule has 8 nitrogen and oxygen atoms in total. The normalized spacial score (nSPS) is 25.6. The number of amides is 1. The lowest BCUT2D eigenvalue weighted by Gasteiger charge is -2.48. The third-order valence-electron chi connectivity index (χ3n) is 9.64. The highest BCUT2D eigenvalue weighted by atomic mass is 16.5. The molecule has 3 heterocycles. The quantitative estimate of drug-likeness (QED) is 0.420. The summed E-state index contributed by atoms with van der Waals surface area (Å²) in [4.78, 5) is 46.6. The van der Waals surface area contributed by atoms with Crippen molar-refractivity contribution >= 4 is 17.7 Å². The molecule has 3 aliphatic rings. The lowest BCUT2D eigenvalue weighted by molar-refractivity contribution is -0.140. The highest BCUT2D eigenvalue weighted by molar-refractivity contribution is 6.01. The van der Waals surface area contributed by atoms with Crippen LogP contribution in [-0.4, -0.2) is 52.8 Å². The Morgan fingerprint density at radius 2 is 1.84 bits per heavy atom. The van der Waals surface area contributed by atoms with E-state index in [9.17, 15) is 19.5 Å². The van der Waals surface area contributed by atoms with E-state index in [4.69, 9.17) is 9.47 Å². The molecule has 2 aromatic rings. The molecule has 1 aliphatic carbocycles. The number of benzene rings is 1. The maximum atomic E-state index is 14.3. The third-order valence-corrected chi connectivity index (χ3v) is 9.64. The molecule has 1 unspecified atom stereocenters. The van der Waals surface area contributed by atoms with Gasteiger partial charge in [0.05, 0.1) is 18.8 Å². The Morgan fingerprint density at radius 1 is 1.14 bits per heavy atom. The van der Waals surface area contributed by atoms with E-state index in [1.54, 1.807) is 31.1 Å². The molecule has 1 N–H and O–H groups in total. The summed E-state index contributed by atoms with van der Waals surface area (Å²) >= 11 is 0. The van der Waals surface area contributed by atoms with Gasteiger partial charge in [0.2, 0.25) is 5.91 Å². The zero-order chi connectivity index (χ0) is 31.6. The molecule has 8 heteroatoms. The summed E-state index contributed by atoms with van der Waals surface area (Å²) < 4.78 is 12.5. The first-order valence-electron chi connectivity index (χ1n) is 14.9. The fourth-order valence-electron chi connectivity index (χ4n) is 7.02. The number of allylic oxidation sites excluding steroid dienone is 2. The van der Waals surface area contributed by atoms with Crippen LogP contribution < -0.4 is 4.74 Å². The van der Waals surface area contributed by atoms with E-state index in [1.807, 2.05) is 26.1 Å². The van der Waals surface area contributed by atoms with Crippen molar-refractivity contribution in [1.29, 1.82) is 0 Å². The summed E-state index contributed by atoms with van der Waals surface area (Å²) in [6, 6.07) is 7.02. The number of ketones is 1. The SMILES string of the molecule is CCC1(C)CC(=O)C2=C(C1)OC1=C[C@@H](C(C)(C)C)N(C)C(=O)[C@@H]1[C@H]2c1c(OC)ccc(-c2ccc(C)c(C(=O)O)n2)c1C. The number of carbonyl (C=O) groups is 3. The lowest BCUT2D eigenvalue weighted by Crippen LogP contribution is -2.53. The molecular formula is C35H42N2O6. The van der Waals surface area contributed by atoms with Gasteiger partial charge in [-0.15, -0.1) is 0 Å². The molecule has 0 radical (unpaired) electrons. The smallest absolute Gasteiger partial charge is 0.354 e. The number of hydrogen-bond acceptors (Lipinski definition) is 6. The van der Waals surface area contributed by atoms with Crippen LogP contribution in [0.25, 0.3) is 11.3 Å². The number of aryl methyl sites for hydroxylation is 1. The minimum atomic E-state index is -1.10. The number of likely N-dealkylation sites (N-methyl/N-ethyl adjacent to an activating group) is 1. The van der Waals surface area contributed by atoms with Crippen molar-refractivity contribution in [2.24, 2.45) is 16.7 Å². The van der Waals surface area contributed by atoms with Crippen LogP contribution >= 0.6 is 0 Å². The van der Waals surface area contributed by atoms with Crippen molar-refractivity contribution in [3.63, 3.8) is 0 Å². The summed E-state index contributed by atoms with van der Waals surface area (Å²) in [7, 11) is 3.39. The molecule has 0 fully saturated rings. The Balaban J connectivity index is 1.80. The maximum absolute atomic E-state index is 14.3. The lowest BCUT2D eigenvalue weighted by atomic mass is 9.64. The Morgan fingerprint density at radius 3 is 2.44 bits per heavy atom. The predicted octanol–water partition coefficient (Wildman–Crippen LogP) is 6.61. The van der Waals surface area contributed by atoms with Gasteiger partial charge < -0.3 is 19.5 Å². The Kier molecular flexibility index (Phi) is 7.56. The number of carboxylic acid groups (broad SMARTS) is 1. The number of rotatable bonds is 5. The van der Waals surface area contributed by atoms with E-state index in [0.717, 1.165) is 17.5 Å². The molecule has 0 spiro atoms. The number of pyridine rings is 1. The second-order valence-corrected chi connectivity index (χ2v) is 13.7. The molecule has 4 atom stereocenters. The van der Waals surface area contributed by atoms with Crippen LogP contribution in [0, 0.1) is 30.6 Å². The zero-order valence-electron chi connectivity index (χ0n) is 26.6. The number of hydrogen-bond donors (Lipinski definition) is 1. The average Bonchev–Trinajstić information content (AvgIpc) is 2.93. The molecule has 1 amide bonds. The molecule has 0 bridgehead atoms. The van der Waals surface area contributed by atoms with Gasteiger partial charge in [0, 0.05) is 42.5 Å². The van der Waals surface area contributed by atoms with Gasteiger partial charge in [-0.25, -0.2) is 9.78 Å². The topological polar surface area (TPSA) is 106 Å². The summed E-state index contributed by atoms with van der Waals surface area (Å²) in [6.07, 6.45) is 3.84. The van der Waals surface area contributed by atoms with E-state index < -0.39 is 17.8 Å². The van der Waals surface area contributed by atoms with Crippen LogP contribution in [0.4, 0.5) is 0 Å². The van der Waals surface area contributed by atoms with Crippen LogP contribution in [0.1, 0.15) is 87.0 Å². The Bertz CT molecular complexity index is 1600. The van der Waals surface area contributed by atoms with Crippen LogP contribution in [0.5, 0.6) is 5.75 Å². The van der Waals surface area contributed by atoms with Gasteiger partial charge >= 0.3 is 5.97 Å². The Labute approximate surface area is 253 Å². The van der Waals surface area contributed by atoms with Gasteiger partial charge in [-0.2, -0.15) is 0 Å². The highest BCUT2D eigenvalue weighted by Gasteiger charge is 2.53. The summed E-state index contributed by atoms with van der Waals surface area (Å²) in [6.45, 7) is 14.1. The van der Waals surface area contributed by atoms with E-state index in [-0.39, 0.29) is 34.3 Å². The van der Waals surface area contributed by atoms with Crippen molar-refractivity contribution in [3.05, 3.63) is 69.8 Å². The first kappa shape index (κ1) is 30.5. The number of aromatic carboxylic acids is 1. The molecule has 1 aromatic heterocycles. The largest absolute Gasteiger partial charge is 0.496 e. The number of nitrogens with zero attached hydrogens (tertiary/aromatic N) is 2. The van der Waals surface area contributed by atoms with Crippen molar-refractivity contribution in [3.8, 4) is 17.0 Å². The molecule has 5 rings (SSSR count). The first-order chi connectivity index (χ1) is 20.1. The Hall–Kier alpha value is -3.94. The first-order valence-corrected chi connectivity index (χ1v) is 14.9. The minimum Gasteiger partial charge on any atom is -0.496 e. The molecule has 228 valence electrons. The minimum absolute atomic E-state index is 0.0171. The third kappa shape index (κ3) is 5.04. The van der Waals surface area contributed by atoms with Gasteiger partial charge in [0.15, 0.2) is 11.5 Å².